The number of esters is 1. The number of nitrogens with one attached hydrogen (secondary N) is 1. The highest BCUT2D eigenvalue weighted by molar-refractivity contribution is 6.31. The van der Waals surface area contributed by atoms with Crippen LogP contribution in [-0.4, -0.2) is 47.1 Å². The predicted molar refractivity (Wildman–Crippen MR) is 156 cm³/mol. The fourth-order valence-corrected chi connectivity index (χ4v) is 5.58. The van der Waals surface area contributed by atoms with E-state index in [-0.39, 0.29) is 54.2 Å². The third-order valence-corrected chi connectivity index (χ3v) is 8.13. The third-order valence-electron chi connectivity index (χ3n) is 7.84. The number of benzene rings is 2. The number of ketones is 1. The van der Waals surface area contributed by atoms with E-state index in [0.717, 1.165) is 12.1 Å². The predicted octanol–water partition coefficient (Wildman–Crippen LogP) is 5.69. The van der Waals surface area contributed by atoms with Gasteiger partial charge in [-0.25, -0.2) is 8.78 Å². The maximum absolute atomic E-state index is 14.7. The zero-order valence-corrected chi connectivity index (χ0v) is 24.2. The molecule has 222 valence electrons. The van der Waals surface area contributed by atoms with Crippen LogP contribution in [0.1, 0.15) is 49.0 Å². The molecule has 2 aliphatic heterocycles. The van der Waals surface area contributed by atoms with Gasteiger partial charge in [0.1, 0.15) is 11.6 Å². The van der Waals surface area contributed by atoms with E-state index < -0.39 is 41.4 Å². The van der Waals surface area contributed by atoms with Crippen LogP contribution in [0, 0.1) is 17.6 Å². The average molecular weight is 608 g/mol. The summed E-state index contributed by atoms with van der Waals surface area (Å²) in [5, 5.41) is 2.59. The minimum absolute atomic E-state index is 0.00658. The molecule has 2 atom stereocenters. The molecule has 0 aliphatic carbocycles. The number of hydrogen-bond donors (Lipinski definition) is 1. The van der Waals surface area contributed by atoms with Crippen LogP contribution in [0.3, 0.4) is 0 Å². The van der Waals surface area contributed by atoms with Crippen LogP contribution >= 0.6 is 11.6 Å². The van der Waals surface area contributed by atoms with Gasteiger partial charge >= 0.3 is 5.97 Å². The van der Waals surface area contributed by atoms with Crippen molar-refractivity contribution in [3.05, 3.63) is 88.2 Å². The van der Waals surface area contributed by atoms with E-state index >= 15 is 0 Å². The smallest absolute Gasteiger partial charge is 0.309 e. The minimum Gasteiger partial charge on any atom is -0.469 e. The number of pyridine rings is 1. The first-order valence-electron chi connectivity index (χ1n) is 13.7. The molecule has 43 heavy (non-hydrogen) atoms. The highest BCUT2D eigenvalue weighted by Crippen LogP contribution is 2.37. The largest absolute Gasteiger partial charge is 0.469 e. The number of methoxy groups -OCH3 is 1. The van der Waals surface area contributed by atoms with Gasteiger partial charge in [0, 0.05) is 36.5 Å². The quantitative estimate of drug-likeness (QED) is 0.232. The van der Waals surface area contributed by atoms with Gasteiger partial charge < -0.3 is 15.0 Å². The summed E-state index contributed by atoms with van der Waals surface area (Å²) in [6, 6.07) is 10.2. The molecule has 3 heterocycles. The zero-order valence-electron chi connectivity index (χ0n) is 23.5. The van der Waals surface area contributed by atoms with Crippen molar-refractivity contribution in [2.24, 2.45) is 5.92 Å². The van der Waals surface area contributed by atoms with E-state index in [1.807, 2.05) is 0 Å². The van der Waals surface area contributed by atoms with E-state index in [1.54, 1.807) is 36.5 Å². The molecule has 0 fully saturated rings. The molecule has 8 nitrogen and oxygen atoms in total. The summed E-state index contributed by atoms with van der Waals surface area (Å²) >= 11 is 5.87. The van der Waals surface area contributed by atoms with E-state index in [1.165, 1.54) is 25.0 Å². The number of carbonyl (C=O) groups excluding carboxylic acids is 4. The Labute approximate surface area is 251 Å². The Morgan fingerprint density at radius 2 is 1.91 bits per heavy atom. The maximum Gasteiger partial charge on any atom is 0.309 e. The Bertz CT molecular complexity index is 1670. The fraction of sp³-hybridized carbons (Fsp3) is 0.281. The topological polar surface area (TPSA) is 106 Å². The van der Waals surface area contributed by atoms with Crippen molar-refractivity contribution in [3.63, 3.8) is 0 Å². The number of Topliss-reactive ketones (excluding diaryl/α,β-unsaturated/α-hetero) is 1. The van der Waals surface area contributed by atoms with Crippen LogP contribution in [0.25, 0.3) is 16.7 Å². The second kappa shape index (κ2) is 12.4. The van der Waals surface area contributed by atoms with Crippen LogP contribution in [0.5, 0.6) is 0 Å². The Kier molecular flexibility index (Phi) is 8.68. The van der Waals surface area contributed by atoms with Gasteiger partial charge in [0.05, 0.1) is 41.8 Å². The van der Waals surface area contributed by atoms with Crippen molar-refractivity contribution in [1.82, 2.24) is 9.88 Å². The average Bonchev–Trinajstić information content (AvgIpc) is 2.99. The second-order valence-corrected chi connectivity index (χ2v) is 10.9. The molecule has 2 bridgehead atoms. The van der Waals surface area contributed by atoms with Crippen LogP contribution in [0.4, 0.5) is 14.5 Å². The molecule has 11 heteroatoms. The summed E-state index contributed by atoms with van der Waals surface area (Å²) in [6.45, 7) is 1.63. The Balaban J connectivity index is 1.55. The monoisotopic (exact) mass is 607 g/mol. The third kappa shape index (κ3) is 6.19. The van der Waals surface area contributed by atoms with Crippen molar-refractivity contribution in [3.8, 4) is 11.1 Å². The van der Waals surface area contributed by atoms with Gasteiger partial charge in [-0.15, -0.1) is 0 Å². The molecule has 2 amide bonds. The molecule has 0 radical (unpaired) electrons. The number of fused-ring (bicyclic) bond motifs is 4. The Hall–Kier alpha value is -4.44. The number of nitrogens with zero attached hydrogens (tertiary/aromatic N) is 2. The van der Waals surface area contributed by atoms with Gasteiger partial charge in [0.15, 0.2) is 5.82 Å². The summed E-state index contributed by atoms with van der Waals surface area (Å²) in [5.74, 6) is -4.49. The molecule has 2 aromatic carbocycles. The lowest BCUT2D eigenvalue weighted by molar-refractivity contribution is -0.139. The first kappa shape index (κ1) is 30.0. The van der Waals surface area contributed by atoms with Crippen LogP contribution in [0.2, 0.25) is 5.02 Å². The molecule has 5 rings (SSSR count). The number of rotatable bonds is 4. The van der Waals surface area contributed by atoms with E-state index in [2.05, 4.69) is 10.3 Å². The summed E-state index contributed by atoms with van der Waals surface area (Å²) in [5.41, 5.74) is 2.71. The SMILES string of the molecule is COC(=O)Cc1ccc2c(c1)NC(=O)[C@H](C)C(=O)CC[C@H](N1CCC(c3c(F)ccc(Cl)c3F)=CC1=O)c1cc-2ccn1. The van der Waals surface area contributed by atoms with E-state index in [0.29, 0.717) is 28.1 Å². The minimum atomic E-state index is -0.985. The van der Waals surface area contributed by atoms with Crippen LogP contribution in [-0.2, 0) is 30.3 Å². The highest BCUT2D eigenvalue weighted by atomic mass is 35.5. The molecule has 0 spiro atoms. The first-order valence-corrected chi connectivity index (χ1v) is 14.1. The molecule has 1 aromatic heterocycles. The Morgan fingerprint density at radius 1 is 1.12 bits per heavy atom. The van der Waals surface area contributed by atoms with Crippen molar-refractivity contribution in [2.45, 2.75) is 38.6 Å². The zero-order chi connectivity index (χ0) is 30.8. The van der Waals surface area contributed by atoms with Gasteiger partial charge in [0.2, 0.25) is 11.8 Å². The standard InChI is InChI=1S/C32H28ClF2N3O5/c1-17-27(39)8-7-26(38-12-10-20(16-28(38)40)30-23(34)6-5-22(33)31(30)35)25-15-19(9-11-36-25)21-4-3-18(14-29(41)43-2)13-24(21)37-32(17)42/h3-6,9,11,13,15-17,26H,7-8,10,12,14H2,1-2H3,(H,37,42)/t17-,26+/m1/s1. The number of ether oxygens (including phenoxy) is 1. The van der Waals surface area contributed by atoms with Crippen LogP contribution in [0.15, 0.2) is 54.7 Å². The van der Waals surface area contributed by atoms with E-state index in [9.17, 15) is 28.0 Å². The summed E-state index contributed by atoms with van der Waals surface area (Å²) < 4.78 is 34.0. The van der Waals surface area contributed by atoms with Crippen molar-refractivity contribution >= 4 is 46.4 Å². The maximum atomic E-state index is 14.7. The lowest BCUT2D eigenvalue weighted by atomic mass is 9.91. The lowest BCUT2D eigenvalue weighted by Gasteiger charge is -2.34. The Morgan fingerprint density at radius 3 is 2.65 bits per heavy atom. The molecule has 0 saturated heterocycles. The summed E-state index contributed by atoms with van der Waals surface area (Å²) in [6.07, 6.45) is 3.08. The number of carbonyl (C=O) groups is 4. The van der Waals surface area contributed by atoms with Gasteiger partial charge in [-0.1, -0.05) is 23.7 Å². The summed E-state index contributed by atoms with van der Waals surface area (Å²) in [7, 11) is 1.29. The van der Waals surface area contributed by atoms with Gasteiger partial charge in [-0.3, -0.25) is 24.2 Å². The molecule has 2 aliphatic rings. The van der Waals surface area contributed by atoms with Crippen molar-refractivity contribution < 1.29 is 32.7 Å². The molecule has 3 aromatic rings. The van der Waals surface area contributed by atoms with Crippen LogP contribution < -0.4 is 5.32 Å². The molecule has 1 N–H and O–H groups in total. The molecule has 0 unspecified atom stereocenters. The summed E-state index contributed by atoms with van der Waals surface area (Å²) in [4.78, 5) is 57.7. The number of amides is 2. The second-order valence-electron chi connectivity index (χ2n) is 10.5. The lowest BCUT2D eigenvalue weighted by Crippen LogP contribution is -2.38. The number of halogens is 3. The van der Waals surface area contributed by atoms with Crippen molar-refractivity contribution in [1.29, 1.82) is 0 Å². The number of aromatic nitrogens is 1. The van der Waals surface area contributed by atoms with E-state index in [4.69, 9.17) is 16.3 Å². The molecular formula is C32H28ClF2N3O5. The number of hydrogen-bond acceptors (Lipinski definition) is 6. The molecule has 0 saturated carbocycles. The van der Waals surface area contributed by atoms with Gasteiger partial charge in [-0.2, -0.15) is 0 Å². The van der Waals surface area contributed by atoms with Crippen molar-refractivity contribution in [2.75, 3.05) is 19.0 Å². The first-order chi connectivity index (χ1) is 20.6. The molecular weight excluding hydrogens is 580 g/mol. The normalized spacial score (nSPS) is 19.0. The van der Waals surface area contributed by atoms with Gasteiger partial charge in [0.25, 0.3) is 0 Å². The highest BCUT2D eigenvalue weighted by Gasteiger charge is 2.33. The number of anilines is 1. The van der Waals surface area contributed by atoms with Gasteiger partial charge in [-0.05, 0) is 66.8 Å². The fourth-order valence-electron chi connectivity index (χ4n) is 5.42.